The van der Waals surface area contributed by atoms with Crippen LogP contribution < -0.4 is 5.32 Å². The summed E-state index contributed by atoms with van der Waals surface area (Å²) in [6, 6.07) is 8.55. The third-order valence-electron chi connectivity index (χ3n) is 7.53. The lowest BCUT2D eigenvalue weighted by atomic mass is 10.0. The summed E-state index contributed by atoms with van der Waals surface area (Å²) in [6.07, 6.45) is 28.0. The van der Waals surface area contributed by atoms with Crippen molar-refractivity contribution in [3.8, 4) is 0 Å². The summed E-state index contributed by atoms with van der Waals surface area (Å²) < 4.78 is 2.46. The van der Waals surface area contributed by atoms with E-state index in [1.807, 2.05) is 0 Å². The molecule has 4 heteroatoms. The van der Waals surface area contributed by atoms with Crippen LogP contribution in [0.2, 0.25) is 0 Å². The Labute approximate surface area is 227 Å². The van der Waals surface area contributed by atoms with Gasteiger partial charge in [0.15, 0.2) is 0 Å². The van der Waals surface area contributed by atoms with Crippen LogP contribution in [0.15, 0.2) is 36.9 Å². The number of nitrogens with zero attached hydrogens (tertiary/aromatic N) is 2. The summed E-state index contributed by atoms with van der Waals surface area (Å²) in [6.45, 7) is 7.58. The van der Waals surface area contributed by atoms with Crippen LogP contribution in [-0.2, 0) is 17.8 Å². The van der Waals surface area contributed by atoms with Gasteiger partial charge in [0.1, 0.15) is 5.82 Å². The van der Waals surface area contributed by atoms with Crippen LogP contribution >= 0.6 is 0 Å². The molecule has 2 rings (SSSR count). The van der Waals surface area contributed by atoms with E-state index in [1.54, 1.807) is 0 Å². The normalized spacial score (nSPS) is 11.3. The number of carbonyl (C=O) groups excluding carboxylic acids is 1. The van der Waals surface area contributed by atoms with Gasteiger partial charge in [0.25, 0.3) is 0 Å². The van der Waals surface area contributed by atoms with E-state index in [-0.39, 0.29) is 5.91 Å². The van der Waals surface area contributed by atoms with Gasteiger partial charge in [0, 0.05) is 19.5 Å². The van der Waals surface area contributed by atoms with Gasteiger partial charge in [-0.05, 0) is 37.5 Å². The van der Waals surface area contributed by atoms with Gasteiger partial charge in [0.05, 0.1) is 11.0 Å². The third-order valence-corrected chi connectivity index (χ3v) is 7.53. The highest BCUT2D eigenvalue weighted by molar-refractivity contribution is 5.86. The van der Waals surface area contributed by atoms with Crippen LogP contribution in [0.1, 0.15) is 135 Å². The quantitative estimate of drug-likeness (QED) is 0.113. The number of aryl methyl sites for hydroxylation is 2. The molecule has 0 bridgehead atoms. The van der Waals surface area contributed by atoms with E-state index in [2.05, 4.69) is 47.7 Å². The Hall–Kier alpha value is -2.10. The van der Waals surface area contributed by atoms with Crippen molar-refractivity contribution < 1.29 is 4.79 Å². The second-order valence-electron chi connectivity index (χ2n) is 10.8. The number of unbranched alkanes of at least 4 members (excludes halogenated alkanes) is 17. The summed E-state index contributed by atoms with van der Waals surface area (Å²) >= 11 is 0. The predicted octanol–water partition coefficient (Wildman–Crippen LogP) is 9.31. The van der Waals surface area contributed by atoms with Crippen molar-refractivity contribution in [1.29, 1.82) is 0 Å². The SMILES string of the molecule is C=CC(=O)NCCCCCc1nc2ccccc2n1CCCCCCCCCCCCCCCCCC. The molecule has 1 aromatic carbocycles. The number of imidazole rings is 1. The maximum atomic E-state index is 11.3. The van der Waals surface area contributed by atoms with Gasteiger partial charge in [-0.15, -0.1) is 0 Å². The van der Waals surface area contributed by atoms with Crippen molar-refractivity contribution in [1.82, 2.24) is 14.9 Å². The molecule has 1 heterocycles. The average Bonchev–Trinajstić information content (AvgIpc) is 3.27. The van der Waals surface area contributed by atoms with Crippen LogP contribution in [0.25, 0.3) is 11.0 Å². The Balaban J connectivity index is 1.54. The Morgan fingerprint density at radius 1 is 0.784 bits per heavy atom. The van der Waals surface area contributed by atoms with Crippen LogP contribution in [0, 0.1) is 0 Å². The average molecular weight is 510 g/mol. The lowest BCUT2D eigenvalue weighted by molar-refractivity contribution is -0.116. The van der Waals surface area contributed by atoms with Crippen LogP contribution in [0.3, 0.4) is 0 Å². The highest BCUT2D eigenvalue weighted by atomic mass is 16.1. The highest BCUT2D eigenvalue weighted by Gasteiger charge is 2.10. The van der Waals surface area contributed by atoms with E-state index >= 15 is 0 Å². The molecule has 1 aromatic heterocycles. The van der Waals surface area contributed by atoms with Crippen LogP contribution in [0.4, 0.5) is 0 Å². The number of hydrogen-bond donors (Lipinski definition) is 1. The van der Waals surface area contributed by atoms with Crippen LogP contribution in [0.5, 0.6) is 0 Å². The summed E-state index contributed by atoms with van der Waals surface area (Å²) in [5, 5.41) is 2.86. The number of aromatic nitrogens is 2. The maximum Gasteiger partial charge on any atom is 0.243 e. The molecule has 0 aliphatic heterocycles. The first-order chi connectivity index (χ1) is 18.3. The number of fused-ring (bicyclic) bond motifs is 1. The molecular weight excluding hydrogens is 454 g/mol. The molecule has 0 fully saturated rings. The summed E-state index contributed by atoms with van der Waals surface area (Å²) in [4.78, 5) is 16.2. The summed E-state index contributed by atoms with van der Waals surface area (Å²) in [5.41, 5.74) is 2.39. The van der Waals surface area contributed by atoms with Gasteiger partial charge in [-0.3, -0.25) is 4.79 Å². The van der Waals surface area contributed by atoms with E-state index in [1.165, 1.54) is 120 Å². The first kappa shape index (κ1) is 31.1. The minimum atomic E-state index is -0.0828. The molecule has 2 aromatic rings. The standard InChI is InChI=1S/C33H55N3O/c1-3-5-6-7-8-9-10-11-12-13-14-15-16-17-18-24-29-36-31-26-22-21-25-30(31)35-32(36)27-20-19-23-28-34-33(37)4-2/h4,21-22,25-26H,2-3,5-20,23-24,27-29H2,1H3,(H,34,37). The van der Waals surface area contributed by atoms with Crippen molar-refractivity contribution in [3.63, 3.8) is 0 Å². The van der Waals surface area contributed by atoms with Crippen molar-refractivity contribution >= 4 is 16.9 Å². The van der Waals surface area contributed by atoms with E-state index < -0.39 is 0 Å². The minimum Gasteiger partial charge on any atom is -0.353 e. The van der Waals surface area contributed by atoms with Crippen molar-refractivity contribution in [2.24, 2.45) is 0 Å². The van der Waals surface area contributed by atoms with Gasteiger partial charge < -0.3 is 9.88 Å². The Bertz CT molecular complexity index is 856. The molecule has 0 unspecified atom stereocenters. The molecule has 208 valence electrons. The van der Waals surface area contributed by atoms with Crippen molar-refractivity contribution in [2.45, 2.75) is 142 Å². The molecule has 0 radical (unpaired) electrons. The molecule has 0 spiro atoms. The molecule has 1 amide bonds. The zero-order valence-electron chi connectivity index (χ0n) is 24.0. The minimum absolute atomic E-state index is 0.0828. The molecule has 0 saturated heterocycles. The second-order valence-corrected chi connectivity index (χ2v) is 10.8. The molecule has 0 aliphatic carbocycles. The molecule has 0 atom stereocenters. The predicted molar refractivity (Wildman–Crippen MR) is 160 cm³/mol. The van der Waals surface area contributed by atoms with Crippen LogP contribution in [-0.4, -0.2) is 22.0 Å². The maximum absolute atomic E-state index is 11.3. The summed E-state index contributed by atoms with van der Waals surface area (Å²) in [5.74, 6) is 1.14. The number of benzene rings is 1. The van der Waals surface area contributed by atoms with E-state index in [0.29, 0.717) is 0 Å². The number of carbonyl (C=O) groups is 1. The van der Waals surface area contributed by atoms with E-state index in [0.717, 1.165) is 44.3 Å². The zero-order chi connectivity index (χ0) is 26.4. The number of nitrogens with one attached hydrogen (secondary N) is 1. The Morgan fingerprint density at radius 2 is 1.32 bits per heavy atom. The fourth-order valence-electron chi connectivity index (χ4n) is 5.25. The molecule has 4 nitrogen and oxygen atoms in total. The van der Waals surface area contributed by atoms with Gasteiger partial charge in [-0.25, -0.2) is 4.98 Å². The monoisotopic (exact) mass is 509 g/mol. The fraction of sp³-hybridized carbons (Fsp3) is 0.697. The van der Waals surface area contributed by atoms with Crippen molar-refractivity contribution in [2.75, 3.05) is 6.54 Å². The van der Waals surface area contributed by atoms with E-state index in [9.17, 15) is 4.79 Å². The van der Waals surface area contributed by atoms with Crippen molar-refractivity contribution in [3.05, 3.63) is 42.7 Å². The number of hydrogen-bond acceptors (Lipinski definition) is 2. The lowest BCUT2D eigenvalue weighted by Gasteiger charge is -2.10. The summed E-state index contributed by atoms with van der Waals surface area (Å²) in [7, 11) is 0. The molecule has 1 N–H and O–H groups in total. The molecule has 37 heavy (non-hydrogen) atoms. The number of rotatable bonds is 24. The van der Waals surface area contributed by atoms with Gasteiger partial charge >= 0.3 is 0 Å². The number of amides is 1. The topological polar surface area (TPSA) is 46.9 Å². The van der Waals surface area contributed by atoms with Gasteiger partial charge in [-0.1, -0.05) is 128 Å². The zero-order valence-corrected chi connectivity index (χ0v) is 24.0. The van der Waals surface area contributed by atoms with Gasteiger partial charge in [-0.2, -0.15) is 0 Å². The molecule has 0 saturated carbocycles. The first-order valence-electron chi connectivity index (χ1n) is 15.6. The number of para-hydroxylation sites is 2. The molecular formula is C33H55N3O. The Kier molecular flexibility index (Phi) is 17.6. The largest absolute Gasteiger partial charge is 0.353 e. The fourth-order valence-corrected chi connectivity index (χ4v) is 5.25. The first-order valence-corrected chi connectivity index (χ1v) is 15.6. The van der Waals surface area contributed by atoms with Gasteiger partial charge in [0.2, 0.25) is 5.91 Å². The molecule has 0 aliphatic rings. The third kappa shape index (κ3) is 13.9. The highest BCUT2D eigenvalue weighted by Crippen LogP contribution is 2.20. The Morgan fingerprint density at radius 3 is 1.92 bits per heavy atom. The smallest absolute Gasteiger partial charge is 0.243 e. The van der Waals surface area contributed by atoms with E-state index in [4.69, 9.17) is 4.98 Å². The lowest BCUT2D eigenvalue weighted by Crippen LogP contribution is -2.21. The second kappa shape index (κ2) is 20.9.